The summed E-state index contributed by atoms with van der Waals surface area (Å²) in [5.41, 5.74) is 3.18. The Labute approximate surface area is 114 Å². The number of likely N-dealkylation sites (tertiary alicyclic amines) is 1. The fraction of sp³-hybridized carbons (Fsp3) is 0.438. The number of carbonyl (C=O) groups excluding carboxylic acids is 1. The Balaban J connectivity index is 2.12. The minimum absolute atomic E-state index is 0.183. The molecule has 1 heterocycles. The predicted octanol–water partition coefficient (Wildman–Crippen LogP) is 3.12. The third-order valence-electron chi connectivity index (χ3n) is 3.45. The van der Waals surface area contributed by atoms with Crippen LogP contribution >= 0.6 is 0 Å². The van der Waals surface area contributed by atoms with Crippen LogP contribution < -0.4 is 0 Å². The number of benzene rings is 1. The van der Waals surface area contributed by atoms with Crippen molar-refractivity contribution in [3.8, 4) is 0 Å². The molecule has 1 aromatic carbocycles. The summed E-state index contributed by atoms with van der Waals surface area (Å²) in [4.78, 5) is 14.1. The van der Waals surface area contributed by atoms with E-state index in [9.17, 15) is 4.79 Å². The highest BCUT2D eigenvalue weighted by Crippen LogP contribution is 2.26. The second-order valence-electron chi connectivity index (χ2n) is 4.80. The molecule has 0 atom stereocenters. The minimum Gasteiger partial charge on any atom is -0.463 e. The van der Waals surface area contributed by atoms with Gasteiger partial charge in [-0.25, -0.2) is 4.79 Å². The number of carbonyl (C=O) groups is 1. The lowest BCUT2D eigenvalue weighted by Gasteiger charge is -2.21. The van der Waals surface area contributed by atoms with Gasteiger partial charge in [0.2, 0.25) is 0 Å². The van der Waals surface area contributed by atoms with Gasteiger partial charge in [-0.2, -0.15) is 0 Å². The lowest BCUT2D eigenvalue weighted by Crippen LogP contribution is -2.20. The summed E-state index contributed by atoms with van der Waals surface area (Å²) in [6, 6.07) is 10.4. The highest BCUT2D eigenvalue weighted by Gasteiger charge is 2.22. The van der Waals surface area contributed by atoms with Crippen LogP contribution in [0.25, 0.3) is 0 Å². The number of hydrogen-bond acceptors (Lipinski definition) is 3. The monoisotopic (exact) mass is 259 g/mol. The average Bonchev–Trinajstić information content (AvgIpc) is 2.87. The lowest BCUT2D eigenvalue weighted by molar-refractivity contribution is -0.138. The van der Waals surface area contributed by atoms with E-state index in [4.69, 9.17) is 4.74 Å². The van der Waals surface area contributed by atoms with Crippen molar-refractivity contribution in [1.82, 2.24) is 4.90 Å². The van der Waals surface area contributed by atoms with Crippen LogP contribution in [0.15, 0.2) is 41.6 Å². The number of nitrogens with zero attached hydrogens (tertiary/aromatic N) is 1. The predicted molar refractivity (Wildman–Crippen MR) is 75.4 cm³/mol. The molecule has 1 fully saturated rings. The van der Waals surface area contributed by atoms with Gasteiger partial charge in [-0.3, -0.25) is 0 Å². The van der Waals surface area contributed by atoms with Crippen LogP contribution in [0, 0.1) is 0 Å². The van der Waals surface area contributed by atoms with E-state index in [1.54, 1.807) is 0 Å². The number of ether oxygens (including phenoxy) is 1. The van der Waals surface area contributed by atoms with E-state index >= 15 is 0 Å². The first-order valence-electron chi connectivity index (χ1n) is 6.88. The molecule has 0 N–H and O–H groups in total. The van der Waals surface area contributed by atoms with Gasteiger partial charge in [0.05, 0.1) is 12.2 Å². The van der Waals surface area contributed by atoms with Crippen molar-refractivity contribution in [3.63, 3.8) is 0 Å². The van der Waals surface area contributed by atoms with Crippen LogP contribution in [0.3, 0.4) is 0 Å². The first-order chi connectivity index (χ1) is 9.22. The fourth-order valence-corrected chi connectivity index (χ4v) is 2.49. The van der Waals surface area contributed by atoms with Crippen LogP contribution in [0.5, 0.6) is 0 Å². The molecule has 0 aromatic heterocycles. The summed E-state index contributed by atoms with van der Waals surface area (Å²) in [5.74, 6) is -0.183. The highest BCUT2D eigenvalue weighted by atomic mass is 16.5. The van der Waals surface area contributed by atoms with Gasteiger partial charge < -0.3 is 9.64 Å². The van der Waals surface area contributed by atoms with Gasteiger partial charge in [-0.05, 0) is 32.3 Å². The molecule has 1 aliphatic heterocycles. The first kappa shape index (κ1) is 13.7. The largest absolute Gasteiger partial charge is 0.463 e. The summed E-state index contributed by atoms with van der Waals surface area (Å²) < 4.78 is 5.09. The van der Waals surface area contributed by atoms with Crippen molar-refractivity contribution in [1.29, 1.82) is 0 Å². The van der Waals surface area contributed by atoms with E-state index in [1.807, 2.05) is 32.0 Å². The van der Waals surface area contributed by atoms with Crippen molar-refractivity contribution < 1.29 is 9.53 Å². The van der Waals surface area contributed by atoms with Crippen LogP contribution in [0.1, 0.15) is 32.3 Å². The molecule has 1 saturated heterocycles. The zero-order chi connectivity index (χ0) is 13.7. The molecule has 3 nitrogen and oxygen atoms in total. The van der Waals surface area contributed by atoms with Crippen LogP contribution in [0.4, 0.5) is 0 Å². The summed E-state index contributed by atoms with van der Waals surface area (Å²) in [7, 11) is 0. The third-order valence-corrected chi connectivity index (χ3v) is 3.45. The quantitative estimate of drug-likeness (QED) is 0.614. The van der Waals surface area contributed by atoms with Crippen molar-refractivity contribution in [2.45, 2.75) is 33.2 Å². The molecule has 2 rings (SSSR count). The second kappa shape index (κ2) is 6.41. The summed E-state index contributed by atoms with van der Waals surface area (Å²) in [6.45, 7) is 6.03. The van der Waals surface area contributed by atoms with Gasteiger partial charge in [0.1, 0.15) is 0 Å². The molecule has 0 spiro atoms. The Bertz CT molecular complexity index is 465. The minimum atomic E-state index is -0.183. The Morgan fingerprint density at radius 2 is 2.05 bits per heavy atom. The van der Waals surface area contributed by atoms with Gasteiger partial charge in [-0.1, -0.05) is 30.3 Å². The Kier molecular flexibility index (Phi) is 4.61. The van der Waals surface area contributed by atoms with Crippen molar-refractivity contribution in [3.05, 3.63) is 47.2 Å². The molecule has 19 heavy (non-hydrogen) atoms. The topological polar surface area (TPSA) is 29.5 Å². The molecule has 0 radical (unpaired) electrons. The zero-order valence-electron chi connectivity index (χ0n) is 11.7. The molecule has 102 valence electrons. The van der Waals surface area contributed by atoms with Crippen LogP contribution in [-0.2, 0) is 16.1 Å². The zero-order valence-corrected chi connectivity index (χ0v) is 11.7. The molecule has 0 unspecified atom stereocenters. The molecular formula is C16H21NO2. The van der Waals surface area contributed by atoms with E-state index < -0.39 is 0 Å². The maximum absolute atomic E-state index is 11.8. The van der Waals surface area contributed by atoms with Gasteiger partial charge in [-0.15, -0.1) is 0 Å². The molecule has 0 saturated carbocycles. The molecular weight excluding hydrogens is 238 g/mol. The van der Waals surface area contributed by atoms with E-state index in [0.29, 0.717) is 6.61 Å². The molecule has 1 aromatic rings. The first-order valence-corrected chi connectivity index (χ1v) is 6.88. The number of allylic oxidation sites excluding steroid dienone is 1. The van der Waals surface area contributed by atoms with Crippen molar-refractivity contribution in [2.75, 3.05) is 13.2 Å². The molecule has 0 amide bonds. The number of rotatable bonds is 4. The van der Waals surface area contributed by atoms with Crippen LogP contribution in [0.2, 0.25) is 0 Å². The van der Waals surface area contributed by atoms with Gasteiger partial charge in [0, 0.05) is 18.8 Å². The second-order valence-corrected chi connectivity index (χ2v) is 4.80. The molecule has 1 aliphatic rings. The maximum atomic E-state index is 11.8. The summed E-state index contributed by atoms with van der Waals surface area (Å²) in [5, 5.41) is 0. The fourth-order valence-electron chi connectivity index (χ4n) is 2.49. The van der Waals surface area contributed by atoms with E-state index in [0.717, 1.165) is 37.2 Å². The van der Waals surface area contributed by atoms with Gasteiger partial charge in [0.15, 0.2) is 0 Å². The van der Waals surface area contributed by atoms with Gasteiger partial charge >= 0.3 is 5.97 Å². The standard InChI is InChI=1S/C16H21NO2/c1-3-19-16(18)13(2)15-10-7-11-17(15)12-14-8-5-4-6-9-14/h4-6,8-9H,3,7,10-12H2,1-2H3/b15-13-. The van der Waals surface area contributed by atoms with E-state index in [1.165, 1.54) is 5.56 Å². The van der Waals surface area contributed by atoms with Gasteiger partial charge in [0.25, 0.3) is 0 Å². The third kappa shape index (κ3) is 3.37. The van der Waals surface area contributed by atoms with Crippen molar-refractivity contribution in [2.24, 2.45) is 0 Å². The number of hydrogen-bond donors (Lipinski definition) is 0. The smallest absolute Gasteiger partial charge is 0.335 e. The Hall–Kier alpha value is -1.77. The van der Waals surface area contributed by atoms with Crippen molar-refractivity contribution >= 4 is 5.97 Å². The SMILES string of the molecule is CCOC(=O)/C(C)=C1/CCCN1Cc1ccccc1. The van der Waals surface area contributed by atoms with E-state index in [2.05, 4.69) is 17.0 Å². The molecule has 0 bridgehead atoms. The molecule has 3 heteroatoms. The summed E-state index contributed by atoms with van der Waals surface area (Å²) in [6.07, 6.45) is 2.08. The normalized spacial score (nSPS) is 17.5. The average molecular weight is 259 g/mol. The Morgan fingerprint density at radius 1 is 1.32 bits per heavy atom. The highest BCUT2D eigenvalue weighted by molar-refractivity contribution is 5.88. The number of esters is 1. The maximum Gasteiger partial charge on any atom is 0.335 e. The molecule has 0 aliphatic carbocycles. The van der Waals surface area contributed by atoms with Crippen LogP contribution in [-0.4, -0.2) is 24.0 Å². The Morgan fingerprint density at radius 3 is 2.74 bits per heavy atom. The summed E-state index contributed by atoms with van der Waals surface area (Å²) >= 11 is 0. The van der Waals surface area contributed by atoms with E-state index in [-0.39, 0.29) is 5.97 Å². The lowest BCUT2D eigenvalue weighted by atomic mass is 10.1.